The summed E-state index contributed by atoms with van der Waals surface area (Å²) in [6, 6.07) is 20.3. The van der Waals surface area contributed by atoms with E-state index in [2.05, 4.69) is 9.93 Å². The Morgan fingerprint density at radius 3 is 2.28 bits per heavy atom. The first-order valence-corrected chi connectivity index (χ1v) is 9.25. The zero-order valence-corrected chi connectivity index (χ0v) is 14.9. The second-order valence-electron chi connectivity index (χ2n) is 5.85. The molecule has 0 fully saturated rings. The van der Waals surface area contributed by atoms with Crippen molar-refractivity contribution in [3.63, 3.8) is 0 Å². The topological polar surface area (TPSA) is 61.8 Å². The first-order chi connectivity index (χ1) is 12.0. The molecule has 0 aliphatic rings. The minimum atomic E-state index is -3.70. The van der Waals surface area contributed by atoms with E-state index in [4.69, 9.17) is 0 Å². The van der Waals surface area contributed by atoms with Crippen molar-refractivity contribution in [2.45, 2.75) is 4.90 Å². The molecular weight excluding hydrogens is 334 g/mol. The lowest BCUT2D eigenvalue weighted by atomic mass is 10.1. The van der Waals surface area contributed by atoms with Gasteiger partial charge in [0.05, 0.1) is 11.1 Å². The van der Waals surface area contributed by atoms with E-state index in [1.165, 1.54) is 6.21 Å². The molecule has 3 aromatic rings. The van der Waals surface area contributed by atoms with Crippen LogP contribution in [0.4, 0.5) is 5.69 Å². The van der Waals surface area contributed by atoms with Crippen LogP contribution in [0.2, 0.25) is 0 Å². The van der Waals surface area contributed by atoms with E-state index in [1.54, 1.807) is 18.2 Å². The van der Waals surface area contributed by atoms with Crippen molar-refractivity contribution in [1.29, 1.82) is 0 Å². The summed E-state index contributed by atoms with van der Waals surface area (Å²) in [5.74, 6) is 0. The summed E-state index contributed by atoms with van der Waals surface area (Å²) in [6.45, 7) is 0. The fraction of sp³-hybridized carbons (Fsp3) is 0.105. The van der Waals surface area contributed by atoms with Gasteiger partial charge in [0.2, 0.25) is 0 Å². The van der Waals surface area contributed by atoms with Crippen LogP contribution in [0.15, 0.2) is 76.7 Å². The second-order valence-corrected chi connectivity index (χ2v) is 7.51. The van der Waals surface area contributed by atoms with E-state index in [0.717, 1.165) is 22.0 Å². The van der Waals surface area contributed by atoms with Gasteiger partial charge >= 0.3 is 0 Å². The molecule has 0 spiro atoms. The van der Waals surface area contributed by atoms with Gasteiger partial charge in [0.25, 0.3) is 10.0 Å². The number of hydrogen-bond acceptors (Lipinski definition) is 4. The minimum absolute atomic E-state index is 0.186. The number of nitrogens with one attached hydrogen (secondary N) is 1. The van der Waals surface area contributed by atoms with Crippen LogP contribution >= 0.6 is 0 Å². The molecule has 0 aliphatic carbocycles. The number of benzene rings is 3. The average Bonchev–Trinajstić information content (AvgIpc) is 2.61. The van der Waals surface area contributed by atoms with Gasteiger partial charge in [0.1, 0.15) is 0 Å². The van der Waals surface area contributed by atoms with E-state index >= 15 is 0 Å². The molecule has 0 heterocycles. The maximum absolute atomic E-state index is 12.4. The van der Waals surface area contributed by atoms with Gasteiger partial charge in [-0.3, -0.25) is 0 Å². The number of sulfonamides is 1. The van der Waals surface area contributed by atoms with Crippen LogP contribution in [-0.2, 0) is 10.0 Å². The van der Waals surface area contributed by atoms with Gasteiger partial charge < -0.3 is 4.90 Å². The van der Waals surface area contributed by atoms with Crippen LogP contribution in [0, 0.1) is 0 Å². The van der Waals surface area contributed by atoms with Crippen molar-refractivity contribution in [1.82, 2.24) is 4.83 Å². The summed E-state index contributed by atoms with van der Waals surface area (Å²) in [7, 11) is 0.219. The van der Waals surface area contributed by atoms with Crippen molar-refractivity contribution < 1.29 is 8.42 Å². The van der Waals surface area contributed by atoms with Crippen molar-refractivity contribution >= 4 is 32.7 Å². The van der Waals surface area contributed by atoms with Gasteiger partial charge in [-0.2, -0.15) is 13.5 Å². The average molecular weight is 353 g/mol. The van der Waals surface area contributed by atoms with E-state index in [1.807, 2.05) is 67.5 Å². The highest BCUT2D eigenvalue weighted by Crippen LogP contribution is 2.18. The second kappa shape index (κ2) is 6.94. The van der Waals surface area contributed by atoms with Crippen molar-refractivity contribution in [3.05, 3.63) is 72.3 Å². The Bertz CT molecular complexity index is 1010. The zero-order valence-electron chi connectivity index (χ0n) is 14.0. The lowest BCUT2D eigenvalue weighted by molar-refractivity contribution is 0.585. The summed E-state index contributed by atoms with van der Waals surface area (Å²) in [6.07, 6.45) is 1.48. The van der Waals surface area contributed by atoms with Gasteiger partial charge in [-0.05, 0) is 40.6 Å². The van der Waals surface area contributed by atoms with Crippen LogP contribution in [0.25, 0.3) is 10.8 Å². The van der Waals surface area contributed by atoms with E-state index < -0.39 is 10.0 Å². The third kappa shape index (κ3) is 3.97. The molecule has 3 aromatic carbocycles. The highest BCUT2D eigenvalue weighted by molar-refractivity contribution is 7.89. The molecule has 0 aliphatic heterocycles. The first kappa shape index (κ1) is 17.0. The molecule has 128 valence electrons. The van der Waals surface area contributed by atoms with Crippen LogP contribution in [0.3, 0.4) is 0 Å². The quantitative estimate of drug-likeness (QED) is 0.566. The minimum Gasteiger partial charge on any atom is -0.378 e. The smallest absolute Gasteiger partial charge is 0.276 e. The fourth-order valence-electron chi connectivity index (χ4n) is 2.42. The first-order valence-electron chi connectivity index (χ1n) is 7.77. The third-order valence-electron chi connectivity index (χ3n) is 3.83. The molecule has 0 atom stereocenters. The number of hydrogen-bond donors (Lipinski definition) is 1. The molecular formula is C19H19N3O2S. The number of anilines is 1. The standard InChI is InChI=1S/C19H19N3O2S/c1-22(2)18-10-7-15(8-11-18)14-20-21-25(23,24)19-12-9-16-5-3-4-6-17(16)13-19/h3-14,21H,1-2H3/b20-14-. The summed E-state index contributed by atoms with van der Waals surface area (Å²) in [5.41, 5.74) is 1.88. The zero-order chi connectivity index (χ0) is 17.9. The number of fused-ring (bicyclic) bond motifs is 1. The van der Waals surface area contributed by atoms with E-state index in [9.17, 15) is 8.42 Å². The van der Waals surface area contributed by atoms with Gasteiger partial charge in [-0.25, -0.2) is 4.83 Å². The van der Waals surface area contributed by atoms with Gasteiger partial charge in [-0.15, -0.1) is 0 Å². The Morgan fingerprint density at radius 2 is 1.60 bits per heavy atom. The Balaban J connectivity index is 1.76. The summed E-state index contributed by atoms with van der Waals surface area (Å²) in [5, 5.41) is 5.73. The largest absolute Gasteiger partial charge is 0.378 e. The van der Waals surface area contributed by atoms with Crippen LogP contribution in [0.1, 0.15) is 5.56 Å². The molecule has 5 nitrogen and oxygen atoms in total. The molecule has 3 rings (SSSR count). The molecule has 0 saturated heterocycles. The molecule has 0 bridgehead atoms. The molecule has 0 amide bonds. The third-order valence-corrected chi connectivity index (χ3v) is 5.05. The van der Waals surface area contributed by atoms with E-state index in [-0.39, 0.29) is 4.90 Å². The maximum atomic E-state index is 12.4. The highest BCUT2D eigenvalue weighted by Gasteiger charge is 2.12. The Hall–Kier alpha value is -2.86. The summed E-state index contributed by atoms with van der Waals surface area (Å²) in [4.78, 5) is 4.43. The Labute approximate surface area is 147 Å². The van der Waals surface area contributed by atoms with Crippen LogP contribution < -0.4 is 9.73 Å². The van der Waals surface area contributed by atoms with E-state index in [0.29, 0.717) is 0 Å². The molecule has 0 unspecified atom stereocenters. The maximum Gasteiger partial charge on any atom is 0.276 e. The van der Waals surface area contributed by atoms with Gasteiger partial charge in [0, 0.05) is 19.8 Å². The monoisotopic (exact) mass is 353 g/mol. The molecule has 1 N–H and O–H groups in total. The highest BCUT2D eigenvalue weighted by atomic mass is 32.2. The van der Waals surface area contributed by atoms with Crippen molar-refractivity contribution in [2.24, 2.45) is 5.10 Å². The molecule has 0 aromatic heterocycles. The molecule has 0 saturated carbocycles. The van der Waals surface area contributed by atoms with Gasteiger partial charge in [-0.1, -0.05) is 42.5 Å². The van der Waals surface area contributed by atoms with Crippen molar-refractivity contribution in [3.8, 4) is 0 Å². The van der Waals surface area contributed by atoms with Crippen molar-refractivity contribution in [2.75, 3.05) is 19.0 Å². The molecule has 25 heavy (non-hydrogen) atoms. The number of rotatable bonds is 5. The lowest BCUT2D eigenvalue weighted by Gasteiger charge is -2.11. The molecule has 0 radical (unpaired) electrons. The SMILES string of the molecule is CN(C)c1ccc(/C=N\NS(=O)(=O)c2ccc3ccccc3c2)cc1. The lowest BCUT2D eigenvalue weighted by Crippen LogP contribution is -2.18. The Kier molecular flexibility index (Phi) is 4.72. The summed E-state index contributed by atoms with van der Waals surface area (Å²) < 4.78 is 24.8. The normalized spacial score (nSPS) is 11.8. The number of hydrazone groups is 1. The Morgan fingerprint density at radius 1 is 0.920 bits per heavy atom. The molecule has 6 heteroatoms. The fourth-order valence-corrected chi connectivity index (χ4v) is 3.24. The van der Waals surface area contributed by atoms with Gasteiger partial charge in [0.15, 0.2) is 0 Å². The predicted octanol–water partition coefficient (Wildman–Crippen LogP) is 3.22. The predicted molar refractivity (Wildman–Crippen MR) is 103 cm³/mol. The number of nitrogens with zero attached hydrogens (tertiary/aromatic N) is 2. The van der Waals surface area contributed by atoms with Crippen LogP contribution in [-0.4, -0.2) is 28.7 Å². The van der Waals surface area contributed by atoms with Crippen LogP contribution in [0.5, 0.6) is 0 Å². The summed E-state index contributed by atoms with van der Waals surface area (Å²) >= 11 is 0.